The van der Waals surface area contributed by atoms with Crippen molar-refractivity contribution in [3.8, 4) is 0 Å². The Balaban J connectivity index is 2.29. The van der Waals surface area contributed by atoms with Crippen LogP contribution in [-0.4, -0.2) is 35.2 Å². The highest BCUT2D eigenvalue weighted by Gasteiger charge is 2.20. The van der Waals surface area contributed by atoms with Crippen LogP contribution in [0.15, 0.2) is 45.5 Å². The highest BCUT2D eigenvalue weighted by Crippen LogP contribution is 2.21. The quantitative estimate of drug-likeness (QED) is 0.860. The van der Waals surface area contributed by atoms with Crippen molar-refractivity contribution in [1.29, 1.82) is 0 Å². The third-order valence-electron chi connectivity index (χ3n) is 2.78. The predicted molar refractivity (Wildman–Crippen MR) is 78.6 cm³/mol. The first-order valence-corrected chi connectivity index (χ1v) is 6.83. The number of benzene rings is 1. The third kappa shape index (κ3) is 3.50. The molecule has 0 atom stereocenters. The first-order chi connectivity index (χ1) is 10.0. The average molecular weight is 354 g/mol. The average Bonchev–Trinajstić information content (AvgIpc) is 2.91. The molecule has 0 saturated heterocycles. The first-order valence-electron chi connectivity index (χ1n) is 6.04. The standard InChI is InChI=1S/C14H12BrNO5/c15-12-6-5-11(21-12)13(18)16(7-8-17)10-3-1-9(2-4-10)14(19)20/h1-6,17H,7-8H2,(H,19,20). The number of hydrogen-bond acceptors (Lipinski definition) is 4. The van der Waals surface area contributed by atoms with Crippen molar-refractivity contribution in [3.05, 3.63) is 52.4 Å². The van der Waals surface area contributed by atoms with E-state index >= 15 is 0 Å². The SMILES string of the molecule is O=C(O)c1ccc(N(CCO)C(=O)c2ccc(Br)o2)cc1. The summed E-state index contributed by atoms with van der Waals surface area (Å²) in [5.74, 6) is -1.34. The summed E-state index contributed by atoms with van der Waals surface area (Å²) in [4.78, 5) is 24.5. The molecule has 0 unspecified atom stereocenters. The molecule has 0 aliphatic carbocycles. The minimum Gasteiger partial charge on any atom is -0.478 e. The summed E-state index contributed by atoms with van der Waals surface area (Å²) in [7, 11) is 0. The number of amides is 1. The van der Waals surface area contributed by atoms with E-state index < -0.39 is 11.9 Å². The van der Waals surface area contributed by atoms with Gasteiger partial charge < -0.3 is 19.5 Å². The van der Waals surface area contributed by atoms with E-state index in [0.717, 1.165) is 0 Å². The Morgan fingerprint density at radius 3 is 2.29 bits per heavy atom. The van der Waals surface area contributed by atoms with E-state index in [1.807, 2.05) is 0 Å². The van der Waals surface area contributed by atoms with Gasteiger partial charge in [-0.3, -0.25) is 4.79 Å². The van der Waals surface area contributed by atoms with Crippen LogP contribution in [0.4, 0.5) is 5.69 Å². The highest BCUT2D eigenvalue weighted by atomic mass is 79.9. The summed E-state index contributed by atoms with van der Waals surface area (Å²) in [6.45, 7) is -0.155. The number of rotatable bonds is 5. The number of carbonyl (C=O) groups excluding carboxylic acids is 1. The molecule has 2 N–H and O–H groups in total. The van der Waals surface area contributed by atoms with Crippen molar-refractivity contribution < 1.29 is 24.2 Å². The van der Waals surface area contributed by atoms with Gasteiger partial charge in [0.15, 0.2) is 10.4 Å². The van der Waals surface area contributed by atoms with E-state index in [4.69, 9.17) is 14.6 Å². The molecule has 6 nitrogen and oxygen atoms in total. The Labute approximate surface area is 128 Å². The van der Waals surface area contributed by atoms with Gasteiger partial charge in [-0.1, -0.05) is 0 Å². The molecule has 0 saturated carbocycles. The van der Waals surface area contributed by atoms with E-state index in [9.17, 15) is 9.59 Å². The summed E-state index contributed by atoms with van der Waals surface area (Å²) < 4.78 is 5.63. The highest BCUT2D eigenvalue weighted by molar-refractivity contribution is 9.10. The molecule has 1 aromatic carbocycles. The number of carbonyl (C=O) groups is 2. The van der Waals surface area contributed by atoms with E-state index in [0.29, 0.717) is 10.4 Å². The monoisotopic (exact) mass is 353 g/mol. The van der Waals surface area contributed by atoms with Gasteiger partial charge in [-0.2, -0.15) is 0 Å². The molecule has 0 spiro atoms. The van der Waals surface area contributed by atoms with Gasteiger partial charge in [0, 0.05) is 12.2 Å². The molecule has 1 heterocycles. The zero-order valence-electron chi connectivity index (χ0n) is 10.8. The fraction of sp³-hybridized carbons (Fsp3) is 0.143. The van der Waals surface area contributed by atoms with Crippen LogP contribution in [0.1, 0.15) is 20.9 Å². The van der Waals surface area contributed by atoms with Crippen molar-refractivity contribution in [2.45, 2.75) is 0 Å². The molecule has 2 rings (SSSR count). The Morgan fingerprint density at radius 1 is 1.14 bits per heavy atom. The second-order valence-corrected chi connectivity index (χ2v) is 4.92. The molecular formula is C14H12BrNO5. The number of furan rings is 1. The summed E-state index contributed by atoms with van der Waals surface area (Å²) in [5, 5.41) is 18.0. The topological polar surface area (TPSA) is 91.0 Å². The number of aliphatic hydroxyl groups is 1. The van der Waals surface area contributed by atoms with Gasteiger partial charge in [-0.25, -0.2) is 4.79 Å². The zero-order chi connectivity index (χ0) is 15.4. The normalized spacial score (nSPS) is 10.4. The second-order valence-electron chi connectivity index (χ2n) is 4.14. The minimum absolute atomic E-state index is 0.0730. The largest absolute Gasteiger partial charge is 0.478 e. The van der Waals surface area contributed by atoms with Crippen LogP contribution in [0.5, 0.6) is 0 Å². The van der Waals surface area contributed by atoms with Crippen molar-refractivity contribution in [2.24, 2.45) is 0 Å². The molecule has 1 aromatic heterocycles. The van der Waals surface area contributed by atoms with Gasteiger partial charge in [0.05, 0.1) is 12.2 Å². The van der Waals surface area contributed by atoms with E-state index in [-0.39, 0.29) is 24.5 Å². The van der Waals surface area contributed by atoms with Gasteiger partial charge in [-0.05, 0) is 52.3 Å². The zero-order valence-corrected chi connectivity index (χ0v) is 12.4. The summed E-state index contributed by atoms with van der Waals surface area (Å²) in [5.41, 5.74) is 0.600. The van der Waals surface area contributed by atoms with Gasteiger partial charge in [0.1, 0.15) is 0 Å². The van der Waals surface area contributed by atoms with E-state index in [1.165, 1.54) is 35.2 Å². The van der Waals surface area contributed by atoms with Gasteiger partial charge in [0.2, 0.25) is 0 Å². The number of aliphatic hydroxyl groups excluding tert-OH is 1. The van der Waals surface area contributed by atoms with Gasteiger partial charge in [-0.15, -0.1) is 0 Å². The van der Waals surface area contributed by atoms with E-state index in [1.54, 1.807) is 6.07 Å². The van der Waals surface area contributed by atoms with Crippen molar-refractivity contribution >= 4 is 33.5 Å². The number of halogens is 1. The number of hydrogen-bond donors (Lipinski definition) is 2. The molecule has 21 heavy (non-hydrogen) atoms. The molecule has 0 aliphatic rings. The Kier molecular flexibility index (Phi) is 4.77. The van der Waals surface area contributed by atoms with Gasteiger partial charge >= 0.3 is 5.97 Å². The number of carboxylic acids is 1. The fourth-order valence-electron chi connectivity index (χ4n) is 1.79. The summed E-state index contributed by atoms with van der Waals surface area (Å²) in [6, 6.07) is 8.92. The predicted octanol–water partition coefficient (Wildman–Crippen LogP) is 2.38. The molecule has 1 amide bonds. The fourth-order valence-corrected chi connectivity index (χ4v) is 2.10. The minimum atomic E-state index is -1.04. The van der Waals surface area contributed by atoms with Crippen molar-refractivity contribution in [2.75, 3.05) is 18.1 Å². The smallest absolute Gasteiger partial charge is 0.335 e. The van der Waals surface area contributed by atoms with Crippen LogP contribution >= 0.6 is 15.9 Å². The van der Waals surface area contributed by atoms with Crippen LogP contribution in [0.2, 0.25) is 0 Å². The Morgan fingerprint density at radius 2 is 1.81 bits per heavy atom. The molecule has 2 aromatic rings. The van der Waals surface area contributed by atoms with Crippen molar-refractivity contribution in [1.82, 2.24) is 0 Å². The Bertz CT molecular complexity index is 650. The second kappa shape index (κ2) is 6.55. The van der Waals surface area contributed by atoms with Crippen LogP contribution in [-0.2, 0) is 0 Å². The van der Waals surface area contributed by atoms with Gasteiger partial charge in [0.25, 0.3) is 5.91 Å². The Hall–Kier alpha value is -2.12. The number of nitrogens with zero attached hydrogens (tertiary/aromatic N) is 1. The maximum absolute atomic E-state index is 12.4. The lowest BCUT2D eigenvalue weighted by molar-refractivity contribution is 0.0696. The number of carboxylic acid groups (broad SMARTS) is 1. The van der Waals surface area contributed by atoms with Crippen LogP contribution in [0.25, 0.3) is 0 Å². The molecule has 110 valence electrons. The third-order valence-corrected chi connectivity index (χ3v) is 3.20. The maximum atomic E-state index is 12.4. The number of anilines is 1. The molecule has 0 bridgehead atoms. The van der Waals surface area contributed by atoms with Crippen LogP contribution < -0.4 is 4.90 Å². The van der Waals surface area contributed by atoms with Crippen LogP contribution in [0.3, 0.4) is 0 Å². The molecule has 0 fully saturated rings. The first kappa shape index (κ1) is 15.3. The molecule has 0 radical (unpaired) electrons. The summed E-state index contributed by atoms with van der Waals surface area (Å²) >= 11 is 3.12. The maximum Gasteiger partial charge on any atom is 0.335 e. The van der Waals surface area contributed by atoms with E-state index in [2.05, 4.69) is 15.9 Å². The molecular weight excluding hydrogens is 342 g/mol. The molecule has 7 heteroatoms. The number of aromatic carboxylic acids is 1. The lowest BCUT2D eigenvalue weighted by Crippen LogP contribution is -2.33. The van der Waals surface area contributed by atoms with Crippen LogP contribution in [0, 0.1) is 0 Å². The lowest BCUT2D eigenvalue weighted by atomic mass is 10.2. The van der Waals surface area contributed by atoms with Crippen molar-refractivity contribution in [3.63, 3.8) is 0 Å². The summed E-state index contributed by atoms with van der Waals surface area (Å²) in [6.07, 6.45) is 0. The lowest BCUT2D eigenvalue weighted by Gasteiger charge is -2.20. The molecule has 0 aliphatic heterocycles.